The van der Waals surface area contributed by atoms with Crippen LogP contribution < -0.4 is 10.5 Å². The van der Waals surface area contributed by atoms with Gasteiger partial charge in [0.25, 0.3) is 0 Å². The summed E-state index contributed by atoms with van der Waals surface area (Å²) in [5.74, 6) is -0.126. The number of carbonyl (C=O) groups excluding carboxylic acids is 1. The Morgan fingerprint density at radius 1 is 1.29 bits per heavy atom. The van der Waals surface area contributed by atoms with Crippen LogP contribution in [0.5, 0.6) is 0 Å². The van der Waals surface area contributed by atoms with Gasteiger partial charge >= 0.3 is 0 Å². The molecular formula is C14H21ClN2O3S. The number of hydrogen-bond acceptors (Lipinski definition) is 3. The smallest absolute Gasteiger partial charge is 0.238 e. The zero-order valence-electron chi connectivity index (χ0n) is 12.3. The van der Waals surface area contributed by atoms with E-state index in [1.54, 1.807) is 6.92 Å². The van der Waals surface area contributed by atoms with Gasteiger partial charge in [-0.05, 0) is 31.0 Å². The molecule has 1 amide bonds. The lowest BCUT2D eigenvalue weighted by atomic mass is 10.1. The zero-order chi connectivity index (χ0) is 16.0. The van der Waals surface area contributed by atoms with Gasteiger partial charge < -0.3 is 5.32 Å². The fourth-order valence-corrected chi connectivity index (χ4v) is 2.95. The number of amides is 1. The van der Waals surface area contributed by atoms with Crippen molar-refractivity contribution in [3.63, 3.8) is 0 Å². The van der Waals surface area contributed by atoms with Crippen LogP contribution in [0.25, 0.3) is 0 Å². The molecule has 0 bridgehead atoms. The Kier molecular flexibility index (Phi) is 6.64. The summed E-state index contributed by atoms with van der Waals surface area (Å²) in [7, 11) is -3.81. The monoisotopic (exact) mass is 332 g/mol. The summed E-state index contributed by atoms with van der Waals surface area (Å²) in [6.45, 7) is 3.78. The highest BCUT2D eigenvalue weighted by molar-refractivity contribution is 7.89. The number of halogens is 1. The Labute approximate surface area is 130 Å². The van der Waals surface area contributed by atoms with Gasteiger partial charge in [-0.15, -0.1) is 0 Å². The van der Waals surface area contributed by atoms with Crippen LogP contribution >= 0.6 is 11.6 Å². The van der Waals surface area contributed by atoms with Crippen molar-refractivity contribution in [3.05, 3.63) is 22.7 Å². The minimum absolute atomic E-state index is 0.0639. The summed E-state index contributed by atoms with van der Waals surface area (Å²) in [6, 6.07) is 2.64. The molecule has 0 fully saturated rings. The molecule has 0 aliphatic rings. The average Bonchev–Trinajstić information content (AvgIpc) is 2.37. The van der Waals surface area contributed by atoms with Gasteiger partial charge in [0, 0.05) is 6.42 Å². The number of sulfonamides is 1. The predicted octanol–water partition coefficient (Wildman–Crippen LogP) is 3.20. The van der Waals surface area contributed by atoms with E-state index in [2.05, 4.69) is 12.2 Å². The van der Waals surface area contributed by atoms with E-state index in [1.807, 2.05) is 0 Å². The topological polar surface area (TPSA) is 89.3 Å². The van der Waals surface area contributed by atoms with Crippen LogP contribution in [0.2, 0.25) is 5.02 Å². The van der Waals surface area contributed by atoms with E-state index in [1.165, 1.54) is 12.1 Å². The van der Waals surface area contributed by atoms with E-state index in [0.717, 1.165) is 25.7 Å². The molecule has 1 aromatic rings. The molecule has 0 aliphatic heterocycles. The molecule has 0 saturated carbocycles. The van der Waals surface area contributed by atoms with Crippen molar-refractivity contribution in [2.45, 2.75) is 50.8 Å². The molecule has 0 saturated heterocycles. The molecule has 0 aromatic heterocycles. The van der Waals surface area contributed by atoms with Crippen LogP contribution in [0.3, 0.4) is 0 Å². The van der Waals surface area contributed by atoms with Gasteiger partial charge in [0.2, 0.25) is 15.9 Å². The predicted molar refractivity (Wildman–Crippen MR) is 85.0 cm³/mol. The lowest BCUT2D eigenvalue weighted by Gasteiger charge is -2.12. The summed E-state index contributed by atoms with van der Waals surface area (Å²) in [5, 5.41) is 7.96. The van der Waals surface area contributed by atoms with Crippen LogP contribution in [0.4, 0.5) is 5.69 Å². The molecule has 0 heterocycles. The molecule has 0 radical (unpaired) electrons. The second-order valence-corrected chi connectivity index (χ2v) is 6.97. The Balaban J connectivity index is 2.78. The largest absolute Gasteiger partial charge is 0.325 e. The molecule has 7 heteroatoms. The highest BCUT2D eigenvalue weighted by Crippen LogP contribution is 2.29. The number of carbonyl (C=O) groups is 1. The van der Waals surface area contributed by atoms with Crippen molar-refractivity contribution in [1.29, 1.82) is 0 Å². The van der Waals surface area contributed by atoms with Crippen molar-refractivity contribution >= 4 is 33.2 Å². The maximum absolute atomic E-state index is 11.8. The SMILES string of the molecule is CCCCCCC(=O)Nc1c(C)cc(S(N)(=O)=O)cc1Cl. The minimum atomic E-state index is -3.81. The number of aryl methyl sites for hydroxylation is 1. The van der Waals surface area contributed by atoms with Crippen LogP contribution in [0.1, 0.15) is 44.6 Å². The van der Waals surface area contributed by atoms with Gasteiger partial charge in [-0.1, -0.05) is 37.8 Å². The Morgan fingerprint density at radius 2 is 1.95 bits per heavy atom. The summed E-state index contributed by atoms with van der Waals surface area (Å²) < 4.78 is 22.6. The van der Waals surface area contributed by atoms with E-state index in [4.69, 9.17) is 16.7 Å². The summed E-state index contributed by atoms with van der Waals surface area (Å²) >= 11 is 6.03. The van der Waals surface area contributed by atoms with Crippen LogP contribution in [-0.4, -0.2) is 14.3 Å². The fraction of sp³-hybridized carbons (Fsp3) is 0.500. The fourth-order valence-electron chi connectivity index (χ4n) is 1.95. The van der Waals surface area contributed by atoms with Crippen LogP contribution in [-0.2, 0) is 14.8 Å². The molecule has 1 aromatic carbocycles. The third-order valence-corrected chi connectivity index (χ3v) is 4.30. The number of hydrogen-bond donors (Lipinski definition) is 2. The summed E-state index contributed by atoms with van der Waals surface area (Å²) in [4.78, 5) is 11.8. The average molecular weight is 333 g/mol. The van der Waals surface area contributed by atoms with Crippen LogP contribution in [0.15, 0.2) is 17.0 Å². The highest BCUT2D eigenvalue weighted by Gasteiger charge is 2.15. The molecule has 0 unspecified atom stereocenters. The van der Waals surface area contributed by atoms with Gasteiger partial charge in [0.1, 0.15) is 0 Å². The molecule has 118 valence electrons. The summed E-state index contributed by atoms with van der Waals surface area (Å²) in [5.41, 5.74) is 0.998. The van der Waals surface area contributed by atoms with Gasteiger partial charge in [-0.2, -0.15) is 0 Å². The van der Waals surface area contributed by atoms with Gasteiger partial charge in [0.05, 0.1) is 15.6 Å². The highest BCUT2D eigenvalue weighted by atomic mass is 35.5. The van der Waals surface area contributed by atoms with E-state index < -0.39 is 10.0 Å². The first kappa shape index (κ1) is 17.9. The number of benzene rings is 1. The lowest BCUT2D eigenvalue weighted by Crippen LogP contribution is -2.15. The van der Waals surface area contributed by atoms with Crippen molar-refractivity contribution in [1.82, 2.24) is 0 Å². The summed E-state index contributed by atoms with van der Waals surface area (Å²) in [6.07, 6.45) is 4.48. The first-order valence-electron chi connectivity index (χ1n) is 6.88. The molecule has 1 rings (SSSR count). The van der Waals surface area contributed by atoms with Crippen molar-refractivity contribution in [3.8, 4) is 0 Å². The Bertz CT molecular complexity index is 592. The second-order valence-electron chi connectivity index (χ2n) is 5.00. The second kappa shape index (κ2) is 7.77. The molecule has 0 spiro atoms. The van der Waals surface area contributed by atoms with Gasteiger partial charge in [-0.25, -0.2) is 13.6 Å². The first-order chi connectivity index (χ1) is 9.75. The Morgan fingerprint density at radius 3 is 2.48 bits per heavy atom. The van der Waals surface area contributed by atoms with Crippen molar-refractivity contribution in [2.75, 3.05) is 5.32 Å². The third-order valence-electron chi connectivity index (χ3n) is 3.11. The number of unbranched alkanes of at least 4 members (excludes halogenated alkanes) is 3. The van der Waals surface area contributed by atoms with E-state index >= 15 is 0 Å². The maximum Gasteiger partial charge on any atom is 0.238 e. The molecule has 5 nitrogen and oxygen atoms in total. The molecule has 0 atom stereocenters. The molecular weight excluding hydrogens is 312 g/mol. The zero-order valence-corrected chi connectivity index (χ0v) is 13.9. The minimum Gasteiger partial charge on any atom is -0.325 e. The molecule has 21 heavy (non-hydrogen) atoms. The molecule has 0 aliphatic carbocycles. The van der Waals surface area contributed by atoms with Crippen molar-refractivity contribution < 1.29 is 13.2 Å². The normalized spacial score (nSPS) is 11.4. The molecule has 3 N–H and O–H groups in total. The standard InChI is InChI=1S/C14H21ClN2O3S/c1-3-4-5-6-7-13(18)17-14-10(2)8-11(9-12(14)15)21(16,19)20/h8-9H,3-7H2,1-2H3,(H,17,18)(H2,16,19,20). The number of nitrogens with one attached hydrogen (secondary N) is 1. The van der Waals surface area contributed by atoms with E-state index in [9.17, 15) is 13.2 Å². The number of nitrogens with two attached hydrogens (primary N) is 1. The van der Waals surface area contributed by atoms with Crippen LogP contribution in [0, 0.1) is 6.92 Å². The Hall–Kier alpha value is -1.11. The maximum atomic E-state index is 11.8. The van der Waals surface area contributed by atoms with E-state index in [0.29, 0.717) is 17.7 Å². The van der Waals surface area contributed by atoms with E-state index in [-0.39, 0.29) is 15.8 Å². The first-order valence-corrected chi connectivity index (χ1v) is 8.81. The van der Waals surface area contributed by atoms with Gasteiger partial charge in [-0.3, -0.25) is 4.79 Å². The quantitative estimate of drug-likeness (QED) is 0.751. The van der Waals surface area contributed by atoms with Crippen molar-refractivity contribution in [2.24, 2.45) is 5.14 Å². The number of rotatable bonds is 7. The van der Waals surface area contributed by atoms with Gasteiger partial charge in [0.15, 0.2) is 0 Å². The lowest BCUT2D eigenvalue weighted by molar-refractivity contribution is -0.116. The number of anilines is 1. The number of primary sulfonamides is 1. The third kappa shape index (κ3) is 5.65.